The number of hydrogen-bond acceptors (Lipinski definition) is 3. The van der Waals surface area contributed by atoms with Gasteiger partial charge in [-0.1, -0.05) is 15.9 Å². The lowest BCUT2D eigenvalue weighted by Gasteiger charge is -2.35. The molecule has 1 fully saturated rings. The van der Waals surface area contributed by atoms with Crippen molar-refractivity contribution in [1.82, 2.24) is 4.31 Å². The second kappa shape index (κ2) is 6.27. The lowest BCUT2D eigenvalue weighted by atomic mass is 10.3. The smallest absolute Gasteiger partial charge is 0.246 e. The van der Waals surface area contributed by atoms with E-state index in [2.05, 4.69) is 15.9 Å². The molecule has 1 heterocycles. The van der Waals surface area contributed by atoms with Crippen molar-refractivity contribution in [2.75, 3.05) is 19.0 Å². The van der Waals surface area contributed by atoms with Gasteiger partial charge < -0.3 is 4.74 Å². The van der Waals surface area contributed by atoms with Crippen molar-refractivity contribution in [3.8, 4) is 0 Å². The molecule has 1 saturated heterocycles. The van der Waals surface area contributed by atoms with Gasteiger partial charge in [0.2, 0.25) is 10.0 Å². The summed E-state index contributed by atoms with van der Waals surface area (Å²) in [4.78, 5) is -0.330. The summed E-state index contributed by atoms with van der Waals surface area (Å²) in [6, 6.07) is 3.89. The van der Waals surface area contributed by atoms with E-state index in [1.54, 1.807) is 6.92 Å². The van der Waals surface area contributed by atoms with Gasteiger partial charge in [0.05, 0.1) is 12.2 Å². The molecule has 0 aromatic heterocycles. The zero-order valence-electron chi connectivity index (χ0n) is 10.7. The van der Waals surface area contributed by atoms with Crippen LogP contribution in [0.5, 0.6) is 0 Å². The lowest BCUT2D eigenvalue weighted by Crippen LogP contribution is -2.49. The van der Waals surface area contributed by atoms with E-state index in [-0.39, 0.29) is 36.1 Å². The van der Waals surface area contributed by atoms with Crippen LogP contribution in [0.2, 0.25) is 0 Å². The Kier molecular flexibility index (Phi) is 5.07. The standard InChI is InChI=1S/C12H14BrClFNO3S/c1-8-6-16(7-10(5-14)19-8)20(17,18)12-3-2-9(13)4-11(12)15/h2-4,8,10H,5-7H2,1H3. The molecule has 2 atom stereocenters. The third-order valence-corrected chi connectivity index (χ3v) is 5.68. The number of ether oxygens (including phenoxy) is 1. The van der Waals surface area contributed by atoms with Crippen LogP contribution in [0.25, 0.3) is 0 Å². The third kappa shape index (κ3) is 3.33. The van der Waals surface area contributed by atoms with E-state index in [4.69, 9.17) is 16.3 Å². The first-order valence-electron chi connectivity index (χ1n) is 6.01. The largest absolute Gasteiger partial charge is 0.371 e. The highest BCUT2D eigenvalue weighted by Crippen LogP contribution is 2.25. The Morgan fingerprint density at radius 1 is 1.50 bits per heavy atom. The fraction of sp³-hybridized carbons (Fsp3) is 0.500. The minimum atomic E-state index is -3.89. The molecule has 1 aromatic carbocycles. The molecular weight excluding hydrogens is 373 g/mol. The fourth-order valence-electron chi connectivity index (χ4n) is 2.11. The predicted octanol–water partition coefficient (Wildman–Crippen LogP) is 2.61. The van der Waals surface area contributed by atoms with Gasteiger partial charge in [-0.25, -0.2) is 12.8 Å². The normalized spacial score (nSPS) is 24.8. The molecule has 20 heavy (non-hydrogen) atoms. The van der Waals surface area contributed by atoms with E-state index >= 15 is 0 Å². The first kappa shape index (κ1) is 16.2. The molecule has 2 unspecified atom stereocenters. The van der Waals surface area contributed by atoms with Crippen molar-refractivity contribution in [3.05, 3.63) is 28.5 Å². The zero-order chi connectivity index (χ0) is 14.9. The number of benzene rings is 1. The van der Waals surface area contributed by atoms with Gasteiger partial charge in [-0.2, -0.15) is 4.31 Å². The minimum absolute atomic E-state index is 0.131. The molecule has 0 radical (unpaired) electrons. The average molecular weight is 387 g/mol. The van der Waals surface area contributed by atoms with E-state index in [0.717, 1.165) is 6.07 Å². The van der Waals surface area contributed by atoms with Crippen LogP contribution < -0.4 is 0 Å². The molecule has 0 aliphatic carbocycles. The van der Waals surface area contributed by atoms with Gasteiger partial charge in [0.1, 0.15) is 10.7 Å². The number of rotatable bonds is 3. The number of sulfonamides is 1. The van der Waals surface area contributed by atoms with Crippen LogP contribution in [0.4, 0.5) is 4.39 Å². The van der Waals surface area contributed by atoms with Gasteiger partial charge in [0.25, 0.3) is 0 Å². The fourth-order valence-corrected chi connectivity index (χ4v) is 4.20. The van der Waals surface area contributed by atoms with E-state index < -0.39 is 15.8 Å². The van der Waals surface area contributed by atoms with E-state index in [0.29, 0.717) is 4.47 Å². The summed E-state index contributed by atoms with van der Waals surface area (Å²) in [6.07, 6.45) is -0.658. The van der Waals surface area contributed by atoms with Gasteiger partial charge in [-0.3, -0.25) is 0 Å². The Morgan fingerprint density at radius 2 is 2.20 bits per heavy atom. The van der Waals surface area contributed by atoms with Gasteiger partial charge in [-0.05, 0) is 25.1 Å². The van der Waals surface area contributed by atoms with Crippen LogP contribution in [-0.2, 0) is 14.8 Å². The van der Waals surface area contributed by atoms with E-state index in [1.165, 1.54) is 16.4 Å². The van der Waals surface area contributed by atoms with Crippen LogP contribution in [0.3, 0.4) is 0 Å². The summed E-state index contributed by atoms with van der Waals surface area (Å²) in [5.41, 5.74) is 0. The summed E-state index contributed by atoms with van der Waals surface area (Å²) < 4.78 is 46.1. The van der Waals surface area contributed by atoms with E-state index in [9.17, 15) is 12.8 Å². The summed E-state index contributed by atoms with van der Waals surface area (Å²) in [5.74, 6) is -0.583. The lowest BCUT2D eigenvalue weighted by molar-refractivity contribution is -0.0423. The number of halogens is 3. The monoisotopic (exact) mass is 385 g/mol. The molecule has 0 N–H and O–H groups in total. The molecule has 8 heteroatoms. The van der Waals surface area contributed by atoms with Crippen molar-refractivity contribution in [3.63, 3.8) is 0 Å². The average Bonchev–Trinajstić information content (AvgIpc) is 2.37. The SMILES string of the molecule is CC1CN(S(=O)(=O)c2ccc(Br)cc2F)CC(CCl)O1. The molecule has 1 aromatic rings. The second-order valence-corrected chi connectivity index (χ2v) is 7.75. The number of morpholine rings is 1. The second-order valence-electron chi connectivity index (χ2n) is 4.62. The quantitative estimate of drug-likeness (QED) is 0.750. The van der Waals surface area contributed by atoms with Crippen LogP contribution in [-0.4, -0.2) is 43.9 Å². The van der Waals surface area contributed by atoms with Gasteiger partial charge >= 0.3 is 0 Å². The molecule has 1 aliphatic rings. The predicted molar refractivity (Wildman–Crippen MR) is 77.9 cm³/mol. The Labute approximate surface area is 131 Å². The van der Waals surface area contributed by atoms with Crippen molar-refractivity contribution in [1.29, 1.82) is 0 Å². The molecule has 2 rings (SSSR count). The van der Waals surface area contributed by atoms with Crippen LogP contribution in [0.15, 0.2) is 27.6 Å². The molecule has 0 saturated carbocycles. The highest BCUT2D eigenvalue weighted by Gasteiger charge is 2.34. The zero-order valence-corrected chi connectivity index (χ0v) is 13.9. The van der Waals surface area contributed by atoms with Gasteiger partial charge in [0, 0.05) is 23.4 Å². The van der Waals surface area contributed by atoms with Crippen molar-refractivity contribution >= 4 is 37.6 Å². The Bertz CT molecular complexity index is 598. The van der Waals surface area contributed by atoms with Crippen molar-refractivity contribution < 1.29 is 17.5 Å². The van der Waals surface area contributed by atoms with E-state index in [1.807, 2.05) is 0 Å². The van der Waals surface area contributed by atoms with Gasteiger partial charge in [-0.15, -0.1) is 11.6 Å². The molecule has 0 bridgehead atoms. The minimum Gasteiger partial charge on any atom is -0.371 e. The molecule has 1 aliphatic heterocycles. The maximum absolute atomic E-state index is 13.9. The number of alkyl halides is 1. The first-order chi connectivity index (χ1) is 9.34. The van der Waals surface area contributed by atoms with Crippen molar-refractivity contribution in [2.24, 2.45) is 0 Å². The molecular formula is C12H14BrClFNO3S. The number of nitrogens with zero attached hydrogens (tertiary/aromatic N) is 1. The van der Waals surface area contributed by atoms with Crippen LogP contribution >= 0.6 is 27.5 Å². The summed E-state index contributed by atoms with van der Waals surface area (Å²) in [7, 11) is -3.89. The first-order valence-corrected chi connectivity index (χ1v) is 8.78. The summed E-state index contributed by atoms with van der Waals surface area (Å²) >= 11 is 8.84. The van der Waals surface area contributed by atoms with Crippen LogP contribution in [0.1, 0.15) is 6.92 Å². The third-order valence-electron chi connectivity index (χ3n) is 2.98. The topological polar surface area (TPSA) is 46.6 Å². The summed E-state index contributed by atoms with van der Waals surface area (Å²) in [6.45, 7) is 2.08. The van der Waals surface area contributed by atoms with Gasteiger partial charge in [0.15, 0.2) is 0 Å². The van der Waals surface area contributed by atoms with Crippen molar-refractivity contribution in [2.45, 2.75) is 24.0 Å². The Hall–Kier alpha value is -0.210. The summed E-state index contributed by atoms with van der Waals surface area (Å²) in [5, 5.41) is 0. The number of hydrogen-bond donors (Lipinski definition) is 0. The Balaban J connectivity index is 2.34. The molecule has 112 valence electrons. The maximum Gasteiger partial charge on any atom is 0.246 e. The molecule has 4 nitrogen and oxygen atoms in total. The Morgan fingerprint density at radius 3 is 2.80 bits per heavy atom. The van der Waals surface area contributed by atoms with Crippen LogP contribution in [0, 0.1) is 5.82 Å². The highest BCUT2D eigenvalue weighted by molar-refractivity contribution is 9.10. The molecule has 0 spiro atoms. The highest BCUT2D eigenvalue weighted by atomic mass is 79.9. The maximum atomic E-state index is 13.9. The molecule has 0 amide bonds.